The number of rotatable bonds is 9. The number of nitrogens with one attached hydrogen (secondary N) is 1. The van der Waals surface area contributed by atoms with Gasteiger partial charge in [0.15, 0.2) is 5.16 Å². The minimum atomic E-state index is 0.0149. The van der Waals surface area contributed by atoms with E-state index in [-0.39, 0.29) is 5.91 Å². The molecule has 0 unspecified atom stereocenters. The summed E-state index contributed by atoms with van der Waals surface area (Å²) in [5.74, 6) is 1.91. The highest BCUT2D eigenvalue weighted by atomic mass is 32.2. The van der Waals surface area contributed by atoms with Crippen molar-refractivity contribution in [2.75, 3.05) is 33.0 Å². The van der Waals surface area contributed by atoms with Crippen LogP contribution in [0.5, 0.6) is 5.75 Å². The van der Waals surface area contributed by atoms with E-state index < -0.39 is 0 Å². The molecule has 0 saturated heterocycles. The van der Waals surface area contributed by atoms with Gasteiger partial charge in [-0.1, -0.05) is 11.8 Å². The number of amides is 1. The van der Waals surface area contributed by atoms with Crippen LogP contribution in [0.15, 0.2) is 29.4 Å². The van der Waals surface area contributed by atoms with Crippen molar-refractivity contribution in [1.29, 1.82) is 0 Å². The molecule has 7 nitrogen and oxygen atoms in total. The van der Waals surface area contributed by atoms with E-state index in [0.29, 0.717) is 23.5 Å². The molecule has 1 heterocycles. The third kappa shape index (κ3) is 4.76. The number of carbonyl (C=O) groups is 1. The topological polar surface area (TPSA) is 72.3 Å². The van der Waals surface area contributed by atoms with Gasteiger partial charge in [0, 0.05) is 24.8 Å². The number of thioether (sulfide) groups is 1. The second-order valence-corrected chi connectivity index (χ2v) is 7.36. The summed E-state index contributed by atoms with van der Waals surface area (Å²) in [7, 11) is 3.75. The molecule has 8 heteroatoms. The number of likely N-dealkylation sites (N-methyl/N-ethyl adjacent to an activating group) is 1. The summed E-state index contributed by atoms with van der Waals surface area (Å²) in [6.07, 6.45) is 2.56. The van der Waals surface area contributed by atoms with Crippen molar-refractivity contribution in [1.82, 2.24) is 25.0 Å². The Hall–Kier alpha value is -2.06. The van der Waals surface area contributed by atoms with Gasteiger partial charge >= 0.3 is 0 Å². The molecule has 0 spiro atoms. The molecular formula is C18H25N5O2S. The minimum absolute atomic E-state index is 0.0149. The van der Waals surface area contributed by atoms with Crippen molar-refractivity contribution in [2.45, 2.75) is 31.0 Å². The maximum atomic E-state index is 12.1. The first-order valence-electron chi connectivity index (χ1n) is 8.74. The molecule has 0 radical (unpaired) electrons. The Morgan fingerprint density at radius 1 is 1.35 bits per heavy atom. The number of nitrogens with zero attached hydrogens (tertiary/aromatic N) is 4. The summed E-state index contributed by atoms with van der Waals surface area (Å²) in [6.45, 7) is 3.47. The van der Waals surface area contributed by atoms with Crippen LogP contribution in [-0.2, 0) is 4.79 Å². The van der Waals surface area contributed by atoms with Gasteiger partial charge in [-0.3, -0.25) is 9.36 Å². The third-order valence-electron chi connectivity index (χ3n) is 4.42. The van der Waals surface area contributed by atoms with E-state index in [1.165, 1.54) is 24.6 Å². The van der Waals surface area contributed by atoms with E-state index in [0.717, 1.165) is 23.8 Å². The van der Waals surface area contributed by atoms with Crippen molar-refractivity contribution in [3.05, 3.63) is 30.1 Å². The van der Waals surface area contributed by atoms with Crippen LogP contribution >= 0.6 is 11.8 Å². The largest absolute Gasteiger partial charge is 0.497 e. The summed E-state index contributed by atoms with van der Waals surface area (Å²) in [5.41, 5.74) is 0.947. The number of ether oxygens (including phenoxy) is 1. The summed E-state index contributed by atoms with van der Waals surface area (Å²) < 4.78 is 7.14. The number of hydrogen-bond donors (Lipinski definition) is 1. The standard InChI is InChI=1S/C18H25N5O2S/c1-13-20-21-18(23(13)15-6-8-16(25-3)9-7-15)26-12-17(24)19-10-11-22(2)14-4-5-14/h6-9,14H,4-5,10-12H2,1-3H3,(H,19,24). The van der Waals surface area contributed by atoms with Gasteiger partial charge in [-0.15, -0.1) is 10.2 Å². The molecule has 1 N–H and O–H groups in total. The van der Waals surface area contributed by atoms with Crippen molar-refractivity contribution in [3.63, 3.8) is 0 Å². The second kappa shape index (κ2) is 8.55. The molecule has 1 aromatic heterocycles. The van der Waals surface area contributed by atoms with Gasteiger partial charge in [-0.25, -0.2) is 0 Å². The van der Waals surface area contributed by atoms with E-state index in [2.05, 4.69) is 27.5 Å². The lowest BCUT2D eigenvalue weighted by Crippen LogP contribution is -2.34. The molecular weight excluding hydrogens is 350 g/mol. The molecule has 0 aliphatic heterocycles. The fourth-order valence-electron chi connectivity index (χ4n) is 2.72. The molecule has 26 heavy (non-hydrogen) atoms. The van der Waals surface area contributed by atoms with E-state index in [9.17, 15) is 4.79 Å². The molecule has 0 atom stereocenters. The average Bonchev–Trinajstić information content (AvgIpc) is 3.43. The first kappa shape index (κ1) is 18.7. The molecule has 1 aliphatic rings. The molecule has 3 rings (SSSR count). The molecule has 140 valence electrons. The van der Waals surface area contributed by atoms with Crippen LogP contribution < -0.4 is 10.1 Å². The lowest BCUT2D eigenvalue weighted by Gasteiger charge is -2.15. The Balaban J connectivity index is 1.53. The molecule has 0 bridgehead atoms. The summed E-state index contributed by atoms with van der Waals surface area (Å²) in [5, 5.41) is 12.0. The lowest BCUT2D eigenvalue weighted by molar-refractivity contribution is -0.118. The minimum Gasteiger partial charge on any atom is -0.497 e. The average molecular weight is 375 g/mol. The van der Waals surface area contributed by atoms with Crippen LogP contribution in [0.2, 0.25) is 0 Å². The van der Waals surface area contributed by atoms with Crippen LogP contribution in [-0.4, -0.2) is 64.6 Å². The summed E-state index contributed by atoms with van der Waals surface area (Å²) >= 11 is 1.39. The van der Waals surface area contributed by atoms with Crippen molar-refractivity contribution < 1.29 is 9.53 Å². The zero-order valence-corrected chi connectivity index (χ0v) is 16.3. The second-order valence-electron chi connectivity index (χ2n) is 6.41. The number of methoxy groups -OCH3 is 1. The highest BCUT2D eigenvalue weighted by Gasteiger charge is 2.25. The molecule has 2 aromatic rings. The molecule has 1 amide bonds. The maximum Gasteiger partial charge on any atom is 0.230 e. The first-order chi connectivity index (χ1) is 12.6. The normalized spacial score (nSPS) is 13.8. The highest BCUT2D eigenvalue weighted by molar-refractivity contribution is 7.99. The van der Waals surface area contributed by atoms with Crippen LogP contribution in [0, 0.1) is 6.92 Å². The van der Waals surface area contributed by atoms with Gasteiger partial charge in [-0.05, 0) is 51.1 Å². The van der Waals surface area contributed by atoms with E-state index in [1.54, 1.807) is 7.11 Å². The molecule has 1 saturated carbocycles. The quantitative estimate of drug-likeness (QED) is 0.675. The van der Waals surface area contributed by atoms with Gasteiger partial charge in [0.05, 0.1) is 12.9 Å². The SMILES string of the molecule is COc1ccc(-n2c(C)nnc2SCC(=O)NCCN(C)C2CC2)cc1. The monoisotopic (exact) mass is 375 g/mol. The lowest BCUT2D eigenvalue weighted by atomic mass is 10.3. The van der Waals surface area contributed by atoms with Gasteiger partial charge in [0.25, 0.3) is 0 Å². The summed E-state index contributed by atoms with van der Waals surface area (Å²) in [4.78, 5) is 14.4. The van der Waals surface area contributed by atoms with Gasteiger partial charge in [-0.2, -0.15) is 0 Å². The zero-order valence-electron chi connectivity index (χ0n) is 15.4. The smallest absolute Gasteiger partial charge is 0.230 e. The predicted molar refractivity (Wildman–Crippen MR) is 102 cm³/mol. The maximum absolute atomic E-state index is 12.1. The number of benzene rings is 1. The van der Waals surface area contributed by atoms with Crippen LogP contribution in [0.1, 0.15) is 18.7 Å². The fourth-order valence-corrected chi connectivity index (χ4v) is 3.54. The number of aryl methyl sites for hydroxylation is 1. The van der Waals surface area contributed by atoms with Gasteiger partial charge in [0.2, 0.25) is 5.91 Å². The van der Waals surface area contributed by atoms with Crippen molar-refractivity contribution in [2.24, 2.45) is 0 Å². The number of carbonyl (C=O) groups excluding carboxylic acids is 1. The zero-order chi connectivity index (χ0) is 18.5. The molecule has 1 aromatic carbocycles. The Kier molecular flexibility index (Phi) is 6.16. The third-order valence-corrected chi connectivity index (χ3v) is 5.34. The van der Waals surface area contributed by atoms with Crippen molar-refractivity contribution >= 4 is 17.7 Å². The summed E-state index contributed by atoms with van der Waals surface area (Å²) in [6, 6.07) is 8.41. The number of hydrogen-bond acceptors (Lipinski definition) is 6. The van der Waals surface area contributed by atoms with E-state index >= 15 is 0 Å². The number of aromatic nitrogens is 3. The Bertz CT molecular complexity index is 743. The Morgan fingerprint density at radius 2 is 2.08 bits per heavy atom. The molecule has 1 fully saturated rings. The van der Waals surface area contributed by atoms with Gasteiger partial charge < -0.3 is 15.0 Å². The fraction of sp³-hybridized carbons (Fsp3) is 0.500. The van der Waals surface area contributed by atoms with Crippen LogP contribution in [0.25, 0.3) is 5.69 Å². The van der Waals surface area contributed by atoms with Crippen molar-refractivity contribution in [3.8, 4) is 11.4 Å². The van der Waals surface area contributed by atoms with E-state index in [4.69, 9.17) is 4.74 Å². The van der Waals surface area contributed by atoms with Gasteiger partial charge in [0.1, 0.15) is 11.6 Å². The van der Waals surface area contributed by atoms with E-state index in [1.807, 2.05) is 35.8 Å². The molecule has 1 aliphatic carbocycles. The highest BCUT2D eigenvalue weighted by Crippen LogP contribution is 2.25. The predicted octanol–water partition coefficient (Wildman–Crippen LogP) is 1.89. The van der Waals surface area contributed by atoms with Crippen LogP contribution in [0.4, 0.5) is 0 Å². The first-order valence-corrected chi connectivity index (χ1v) is 9.73. The Morgan fingerprint density at radius 3 is 2.73 bits per heavy atom. The Labute approximate surface area is 158 Å². The van der Waals surface area contributed by atoms with Crippen LogP contribution in [0.3, 0.4) is 0 Å².